The van der Waals surface area contributed by atoms with Crippen molar-refractivity contribution in [1.29, 1.82) is 5.26 Å². The molecular formula is C25H18BrIN2O4. The summed E-state index contributed by atoms with van der Waals surface area (Å²) in [7, 11) is 0. The van der Waals surface area contributed by atoms with Gasteiger partial charge < -0.3 is 15.2 Å². The van der Waals surface area contributed by atoms with Gasteiger partial charge in [0.2, 0.25) is 0 Å². The Balaban J connectivity index is 1.75. The number of hydrogen-bond donors (Lipinski definition) is 2. The SMILES string of the molecule is Cc1ccccc1NC(=O)/C(C#N)=C\c1cc(Br)c(OCc2ccc(C(=O)O)cc2)c(I)c1. The Hall–Kier alpha value is -3.16. The fraction of sp³-hybridized carbons (Fsp3) is 0.0800. The third kappa shape index (κ3) is 6.43. The van der Waals surface area contributed by atoms with Gasteiger partial charge in [-0.2, -0.15) is 5.26 Å². The standard InChI is InChI=1S/C25H18BrIN2O4/c1-15-4-2-3-5-22(15)29-24(30)19(13-28)10-17-11-20(26)23(21(27)12-17)33-14-16-6-8-18(9-7-16)25(31)32/h2-12H,14H2,1H3,(H,29,30)(H,31,32)/b19-10-. The van der Waals surface area contributed by atoms with Crippen molar-refractivity contribution < 1.29 is 19.4 Å². The maximum atomic E-state index is 12.6. The first kappa shape index (κ1) is 24.5. The molecule has 0 heterocycles. The minimum absolute atomic E-state index is 0.0202. The molecule has 0 spiro atoms. The Bertz CT molecular complexity index is 1260. The number of rotatable bonds is 7. The summed E-state index contributed by atoms with van der Waals surface area (Å²) >= 11 is 5.62. The lowest BCUT2D eigenvalue weighted by molar-refractivity contribution is -0.112. The number of ether oxygens (including phenoxy) is 1. The molecule has 0 saturated carbocycles. The third-order valence-electron chi connectivity index (χ3n) is 4.67. The topological polar surface area (TPSA) is 99.4 Å². The number of benzene rings is 3. The van der Waals surface area contributed by atoms with E-state index in [2.05, 4.69) is 43.8 Å². The molecule has 8 heteroatoms. The Morgan fingerprint density at radius 3 is 2.48 bits per heavy atom. The molecule has 2 N–H and O–H groups in total. The quantitative estimate of drug-likeness (QED) is 0.187. The molecule has 0 unspecified atom stereocenters. The van der Waals surface area contributed by atoms with Crippen molar-refractivity contribution in [2.75, 3.05) is 5.32 Å². The number of aryl methyl sites for hydroxylation is 1. The Labute approximate surface area is 213 Å². The van der Waals surface area contributed by atoms with Gasteiger partial charge in [-0.15, -0.1) is 0 Å². The van der Waals surface area contributed by atoms with E-state index in [1.54, 1.807) is 24.3 Å². The minimum Gasteiger partial charge on any atom is -0.487 e. The summed E-state index contributed by atoms with van der Waals surface area (Å²) < 4.78 is 7.36. The zero-order valence-corrected chi connectivity index (χ0v) is 21.2. The van der Waals surface area contributed by atoms with Crippen molar-refractivity contribution >= 4 is 62.2 Å². The number of para-hydroxylation sites is 1. The van der Waals surface area contributed by atoms with E-state index in [4.69, 9.17) is 9.84 Å². The van der Waals surface area contributed by atoms with Gasteiger partial charge in [-0.1, -0.05) is 30.3 Å². The molecule has 0 aliphatic carbocycles. The van der Waals surface area contributed by atoms with Crippen LogP contribution in [0.25, 0.3) is 6.08 Å². The molecule has 0 aliphatic heterocycles. The second kappa shape index (κ2) is 11.1. The number of amides is 1. The van der Waals surface area contributed by atoms with Gasteiger partial charge in [-0.3, -0.25) is 4.79 Å². The van der Waals surface area contributed by atoms with E-state index < -0.39 is 11.9 Å². The zero-order valence-electron chi connectivity index (χ0n) is 17.4. The van der Waals surface area contributed by atoms with Crippen molar-refractivity contribution in [3.8, 4) is 11.8 Å². The minimum atomic E-state index is -0.979. The van der Waals surface area contributed by atoms with E-state index in [1.807, 2.05) is 37.3 Å². The Kier molecular flexibility index (Phi) is 8.25. The van der Waals surface area contributed by atoms with E-state index in [-0.39, 0.29) is 17.7 Å². The predicted octanol–water partition coefficient (Wildman–Crippen LogP) is 6.19. The Morgan fingerprint density at radius 2 is 1.88 bits per heavy atom. The van der Waals surface area contributed by atoms with Crippen LogP contribution in [-0.4, -0.2) is 17.0 Å². The molecule has 0 saturated heterocycles. The van der Waals surface area contributed by atoms with Crippen LogP contribution < -0.4 is 10.1 Å². The molecule has 0 aliphatic rings. The van der Waals surface area contributed by atoms with Crippen LogP contribution in [0.5, 0.6) is 5.75 Å². The molecule has 6 nitrogen and oxygen atoms in total. The van der Waals surface area contributed by atoms with Crippen LogP contribution in [0.15, 0.2) is 70.7 Å². The van der Waals surface area contributed by atoms with Crippen LogP contribution in [0, 0.1) is 21.8 Å². The molecule has 3 aromatic carbocycles. The summed E-state index contributed by atoms with van der Waals surface area (Å²) in [4.78, 5) is 23.6. The maximum absolute atomic E-state index is 12.6. The fourth-order valence-corrected chi connectivity index (χ4v) is 4.69. The number of anilines is 1. The molecular weight excluding hydrogens is 599 g/mol. The van der Waals surface area contributed by atoms with Crippen LogP contribution >= 0.6 is 38.5 Å². The number of carbonyl (C=O) groups is 2. The molecule has 0 atom stereocenters. The fourth-order valence-electron chi connectivity index (χ4n) is 2.92. The highest BCUT2D eigenvalue weighted by molar-refractivity contribution is 14.1. The first-order chi connectivity index (χ1) is 15.8. The Morgan fingerprint density at radius 1 is 1.18 bits per heavy atom. The van der Waals surface area contributed by atoms with Crippen molar-refractivity contribution in [1.82, 2.24) is 0 Å². The highest BCUT2D eigenvalue weighted by Crippen LogP contribution is 2.33. The van der Waals surface area contributed by atoms with E-state index in [1.165, 1.54) is 18.2 Å². The number of nitrogens with one attached hydrogen (secondary N) is 1. The number of nitriles is 1. The molecule has 0 fully saturated rings. The molecule has 0 aromatic heterocycles. The van der Waals surface area contributed by atoms with Gasteiger partial charge in [0.1, 0.15) is 24.0 Å². The second-order valence-corrected chi connectivity index (χ2v) is 9.06. The molecule has 1 amide bonds. The first-order valence-electron chi connectivity index (χ1n) is 9.71. The van der Waals surface area contributed by atoms with E-state index in [0.717, 1.165) is 14.7 Å². The number of aromatic carboxylic acids is 1. The van der Waals surface area contributed by atoms with Crippen LogP contribution in [0.3, 0.4) is 0 Å². The van der Waals surface area contributed by atoms with Gasteiger partial charge in [-0.25, -0.2) is 4.79 Å². The number of carboxylic acids is 1. The van der Waals surface area contributed by atoms with Crippen molar-refractivity contribution in [3.63, 3.8) is 0 Å². The van der Waals surface area contributed by atoms with Crippen LogP contribution in [0.1, 0.15) is 27.0 Å². The summed E-state index contributed by atoms with van der Waals surface area (Å²) in [5.41, 5.74) is 3.24. The summed E-state index contributed by atoms with van der Waals surface area (Å²) in [5, 5.41) is 21.3. The number of carboxylic acid groups (broad SMARTS) is 1. The lowest BCUT2D eigenvalue weighted by Crippen LogP contribution is -2.14. The number of carbonyl (C=O) groups excluding carboxylic acids is 1. The van der Waals surface area contributed by atoms with Crippen molar-refractivity contribution in [2.45, 2.75) is 13.5 Å². The zero-order chi connectivity index (χ0) is 24.0. The van der Waals surface area contributed by atoms with Gasteiger partial charge in [0.05, 0.1) is 13.6 Å². The molecule has 3 aromatic rings. The van der Waals surface area contributed by atoms with Gasteiger partial charge in [-0.05, 0) is 98.5 Å². The number of halogens is 2. The third-order valence-corrected chi connectivity index (χ3v) is 6.06. The average Bonchev–Trinajstić information content (AvgIpc) is 2.78. The van der Waals surface area contributed by atoms with Crippen molar-refractivity contribution in [2.24, 2.45) is 0 Å². The molecule has 0 bridgehead atoms. The van der Waals surface area contributed by atoms with E-state index in [9.17, 15) is 14.9 Å². The van der Waals surface area contributed by atoms with Gasteiger partial charge in [0.15, 0.2) is 0 Å². The highest BCUT2D eigenvalue weighted by Gasteiger charge is 2.13. The van der Waals surface area contributed by atoms with Gasteiger partial charge in [0.25, 0.3) is 5.91 Å². The summed E-state index contributed by atoms with van der Waals surface area (Å²) in [6.07, 6.45) is 1.52. The number of hydrogen-bond acceptors (Lipinski definition) is 4. The lowest BCUT2D eigenvalue weighted by Gasteiger charge is -2.12. The monoisotopic (exact) mass is 616 g/mol. The smallest absolute Gasteiger partial charge is 0.335 e. The van der Waals surface area contributed by atoms with Crippen LogP contribution in [-0.2, 0) is 11.4 Å². The van der Waals surface area contributed by atoms with Gasteiger partial charge >= 0.3 is 5.97 Å². The maximum Gasteiger partial charge on any atom is 0.335 e. The largest absolute Gasteiger partial charge is 0.487 e. The van der Waals surface area contributed by atoms with Gasteiger partial charge in [0, 0.05) is 5.69 Å². The normalized spacial score (nSPS) is 10.9. The second-order valence-electron chi connectivity index (χ2n) is 7.04. The predicted molar refractivity (Wildman–Crippen MR) is 138 cm³/mol. The molecule has 33 heavy (non-hydrogen) atoms. The van der Waals surface area contributed by atoms with Crippen LogP contribution in [0.2, 0.25) is 0 Å². The highest BCUT2D eigenvalue weighted by atomic mass is 127. The summed E-state index contributed by atoms with van der Waals surface area (Å²) in [6, 6.07) is 19.4. The molecule has 3 rings (SSSR count). The molecule has 0 radical (unpaired) electrons. The van der Waals surface area contributed by atoms with E-state index >= 15 is 0 Å². The average molecular weight is 617 g/mol. The molecule has 166 valence electrons. The summed E-state index contributed by atoms with van der Waals surface area (Å²) in [6.45, 7) is 2.13. The summed E-state index contributed by atoms with van der Waals surface area (Å²) in [5.74, 6) is -0.853. The first-order valence-corrected chi connectivity index (χ1v) is 11.6. The number of nitrogens with zero attached hydrogens (tertiary/aromatic N) is 1. The van der Waals surface area contributed by atoms with E-state index in [0.29, 0.717) is 21.5 Å². The van der Waals surface area contributed by atoms with Crippen molar-refractivity contribution in [3.05, 3.63) is 96.5 Å². The lowest BCUT2D eigenvalue weighted by atomic mass is 10.1. The van der Waals surface area contributed by atoms with Crippen LogP contribution in [0.4, 0.5) is 5.69 Å².